The number of rotatable bonds is 3. The average molecular weight is 329 g/mol. The van der Waals surface area contributed by atoms with Gasteiger partial charge in [-0.15, -0.1) is 0 Å². The molecule has 8 nitrogen and oxygen atoms in total. The molecule has 0 unspecified atom stereocenters. The van der Waals surface area contributed by atoms with Gasteiger partial charge in [0.15, 0.2) is 0 Å². The molecule has 2 aromatic heterocycles. The van der Waals surface area contributed by atoms with Crippen LogP contribution in [0.5, 0.6) is 0 Å². The molecule has 1 saturated heterocycles. The molecule has 1 fully saturated rings. The Morgan fingerprint density at radius 2 is 1.75 bits per heavy atom. The Morgan fingerprint density at radius 1 is 1.08 bits per heavy atom. The normalized spacial score (nSPS) is 14.8. The highest BCUT2D eigenvalue weighted by Crippen LogP contribution is 2.24. The predicted molar refractivity (Wildman–Crippen MR) is 95.1 cm³/mol. The second-order valence-corrected chi connectivity index (χ2v) is 6.23. The standard InChI is InChI=1S/C16H23N7O/c1-11-12(2)18-16(21(3)4)19-15(11)23-7-5-22(6-8-23)13-9-14(24)20-17-10-13/h9-10H,5-8H2,1-4H3,(H,20,24). The van der Waals surface area contributed by atoms with Crippen LogP contribution >= 0.6 is 0 Å². The fourth-order valence-electron chi connectivity index (χ4n) is 2.82. The van der Waals surface area contributed by atoms with E-state index in [0.717, 1.165) is 54.9 Å². The molecule has 0 bridgehead atoms. The van der Waals surface area contributed by atoms with Crippen molar-refractivity contribution in [1.82, 2.24) is 20.2 Å². The summed E-state index contributed by atoms with van der Waals surface area (Å²) in [6.07, 6.45) is 1.70. The minimum absolute atomic E-state index is 0.173. The number of aromatic nitrogens is 4. The molecule has 1 N–H and O–H groups in total. The maximum atomic E-state index is 11.4. The summed E-state index contributed by atoms with van der Waals surface area (Å²) in [5, 5.41) is 6.29. The van der Waals surface area contributed by atoms with Gasteiger partial charge < -0.3 is 14.7 Å². The number of H-pyrrole nitrogens is 1. The number of aryl methyl sites for hydroxylation is 1. The molecule has 1 aliphatic rings. The summed E-state index contributed by atoms with van der Waals surface area (Å²) in [7, 11) is 3.90. The van der Waals surface area contributed by atoms with Crippen LogP contribution in [0.2, 0.25) is 0 Å². The van der Waals surface area contributed by atoms with Gasteiger partial charge in [0.25, 0.3) is 5.56 Å². The summed E-state index contributed by atoms with van der Waals surface area (Å²) in [6.45, 7) is 7.42. The van der Waals surface area contributed by atoms with Gasteiger partial charge in [-0.2, -0.15) is 10.1 Å². The zero-order chi connectivity index (χ0) is 17.3. The number of hydrogen-bond acceptors (Lipinski definition) is 7. The molecular formula is C16H23N7O. The molecule has 0 atom stereocenters. The first-order chi connectivity index (χ1) is 11.5. The second-order valence-electron chi connectivity index (χ2n) is 6.23. The van der Waals surface area contributed by atoms with Gasteiger partial charge in [0.2, 0.25) is 5.95 Å². The van der Waals surface area contributed by atoms with Gasteiger partial charge in [-0.3, -0.25) is 4.79 Å². The zero-order valence-corrected chi connectivity index (χ0v) is 14.6. The van der Waals surface area contributed by atoms with Gasteiger partial charge in [0, 0.05) is 57.6 Å². The molecule has 0 amide bonds. The number of aromatic amines is 1. The van der Waals surface area contributed by atoms with Crippen molar-refractivity contribution < 1.29 is 0 Å². The highest BCUT2D eigenvalue weighted by molar-refractivity contribution is 5.54. The van der Waals surface area contributed by atoms with Gasteiger partial charge in [0.05, 0.1) is 11.9 Å². The maximum absolute atomic E-state index is 11.4. The Hall–Kier alpha value is -2.64. The number of nitrogens with zero attached hydrogens (tertiary/aromatic N) is 6. The van der Waals surface area contributed by atoms with Crippen molar-refractivity contribution in [3.63, 3.8) is 0 Å². The van der Waals surface area contributed by atoms with E-state index in [9.17, 15) is 4.79 Å². The summed E-state index contributed by atoms with van der Waals surface area (Å²) in [4.78, 5) is 27.1. The van der Waals surface area contributed by atoms with Crippen LogP contribution < -0.4 is 20.3 Å². The SMILES string of the molecule is Cc1nc(N(C)C)nc(N2CCN(c3cn[nH]c(=O)c3)CC2)c1C. The number of piperazine rings is 1. The van der Waals surface area contributed by atoms with Crippen LogP contribution in [-0.2, 0) is 0 Å². The van der Waals surface area contributed by atoms with Crippen LogP contribution in [-0.4, -0.2) is 60.4 Å². The molecular weight excluding hydrogens is 306 g/mol. The Balaban J connectivity index is 1.78. The van der Waals surface area contributed by atoms with E-state index in [-0.39, 0.29) is 5.56 Å². The molecule has 0 aromatic carbocycles. The smallest absolute Gasteiger partial charge is 0.266 e. The lowest BCUT2D eigenvalue weighted by atomic mass is 10.2. The minimum atomic E-state index is -0.173. The van der Waals surface area contributed by atoms with E-state index >= 15 is 0 Å². The van der Waals surface area contributed by atoms with E-state index in [2.05, 4.69) is 31.9 Å². The first-order valence-corrected chi connectivity index (χ1v) is 8.03. The Morgan fingerprint density at radius 3 is 2.38 bits per heavy atom. The van der Waals surface area contributed by atoms with E-state index in [1.165, 1.54) is 0 Å². The summed E-state index contributed by atoms with van der Waals surface area (Å²) in [5.74, 6) is 1.73. The fourth-order valence-corrected chi connectivity index (χ4v) is 2.82. The van der Waals surface area contributed by atoms with E-state index in [4.69, 9.17) is 4.98 Å². The largest absolute Gasteiger partial charge is 0.367 e. The molecule has 3 heterocycles. The highest BCUT2D eigenvalue weighted by Gasteiger charge is 2.22. The maximum Gasteiger partial charge on any atom is 0.266 e. The molecule has 2 aromatic rings. The van der Waals surface area contributed by atoms with Crippen LogP contribution in [0.1, 0.15) is 11.3 Å². The van der Waals surface area contributed by atoms with Crippen molar-refractivity contribution in [2.45, 2.75) is 13.8 Å². The summed E-state index contributed by atoms with van der Waals surface area (Å²) >= 11 is 0. The van der Waals surface area contributed by atoms with Gasteiger partial charge >= 0.3 is 0 Å². The fraction of sp³-hybridized carbons (Fsp3) is 0.500. The van der Waals surface area contributed by atoms with Gasteiger partial charge in [0.1, 0.15) is 5.82 Å². The van der Waals surface area contributed by atoms with Gasteiger partial charge in [-0.1, -0.05) is 0 Å². The van der Waals surface area contributed by atoms with Crippen molar-refractivity contribution in [3.05, 3.63) is 33.9 Å². The lowest BCUT2D eigenvalue weighted by Gasteiger charge is -2.37. The van der Waals surface area contributed by atoms with Crippen molar-refractivity contribution in [1.29, 1.82) is 0 Å². The van der Waals surface area contributed by atoms with Crippen molar-refractivity contribution >= 4 is 17.5 Å². The van der Waals surface area contributed by atoms with Crippen LogP contribution in [0.3, 0.4) is 0 Å². The monoisotopic (exact) mass is 329 g/mol. The topological polar surface area (TPSA) is 81.2 Å². The van der Waals surface area contributed by atoms with E-state index in [1.54, 1.807) is 12.3 Å². The van der Waals surface area contributed by atoms with E-state index < -0.39 is 0 Å². The first kappa shape index (κ1) is 16.2. The van der Waals surface area contributed by atoms with Gasteiger partial charge in [-0.05, 0) is 13.8 Å². The molecule has 3 rings (SSSR count). The first-order valence-electron chi connectivity index (χ1n) is 8.03. The minimum Gasteiger partial charge on any atom is -0.367 e. The molecule has 0 saturated carbocycles. The molecule has 0 spiro atoms. The Labute approximate surface area is 141 Å². The summed E-state index contributed by atoms with van der Waals surface area (Å²) < 4.78 is 0. The quantitative estimate of drug-likeness (QED) is 0.881. The molecule has 0 radical (unpaired) electrons. The molecule has 0 aliphatic carbocycles. The highest BCUT2D eigenvalue weighted by atomic mass is 16.1. The van der Waals surface area contributed by atoms with Crippen LogP contribution in [0.25, 0.3) is 0 Å². The number of hydrogen-bond donors (Lipinski definition) is 1. The molecule has 1 aliphatic heterocycles. The molecule has 24 heavy (non-hydrogen) atoms. The summed E-state index contributed by atoms with van der Waals surface area (Å²) in [6, 6.07) is 1.59. The van der Waals surface area contributed by atoms with Crippen LogP contribution in [0.4, 0.5) is 17.5 Å². The third-order valence-electron chi connectivity index (χ3n) is 4.35. The second kappa shape index (κ2) is 6.46. The van der Waals surface area contributed by atoms with Crippen LogP contribution in [0.15, 0.2) is 17.1 Å². The predicted octanol–water partition coefficient (Wildman–Crippen LogP) is 0.569. The van der Waals surface area contributed by atoms with Crippen molar-refractivity contribution in [2.24, 2.45) is 0 Å². The van der Waals surface area contributed by atoms with Crippen molar-refractivity contribution in [2.75, 3.05) is 55.0 Å². The van der Waals surface area contributed by atoms with Crippen LogP contribution in [0, 0.1) is 13.8 Å². The third kappa shape index (κ3) is 3.17. The average Bonchev–Trinajstić information content (AvgIpc) is 2.57. The lowest BCUT2D eigenvalue weighted by Crippen LogP contribution is -2.47. The third-order valence-corrected chi connectivity index (χ3v) is 4.35. The Bertz CT molecular complexity index is 778. The van der Waals surface area contributed by atoms with Gasteiger partial charge in [-0.25, -0.2) is 10.1 Å². The number of anilines is 3. The van der Waals surface area contributed by atoms with E-state index in [1.807, 2.05) is 25.9 Å². The van der Waals surface area contributed by atoms with E-state index in [0.29, 0.717) is 0 Å². The Kier molecular flexibility index (Phi) is 4.37. The molecule has 8 heteroatoms. The number of nitrogens with one attached hydrogen (secondary N) is 1. The zero-order valence-electron chi connectivity index (χ0n) is 14.6. The summed E-state index contributed by atoms with van der Waals surface area (Å²) in [5.41, 5.74) is 2.81. The van der Waals surface area contributed by atoms with Crippen molar-refractivity contribution in [3.8, 4) is 0 Å². The lowest BCUT2D eigenvalue weighted by molar-refractivity contribution is 0.642. The molecule has 128 valence electrons.